The number of nitrogens with one attached hydrogen (secondary N) is 2. The van der Waals surface area contributed by atoms with Crippen LogP contribution in [0.4, 0.5) is 11.6 Å². The Kier molecular flexibility index (Phi) is 22.8. The minimum Gasteiger partial charge on any atom is -0.387 e. The molecule has 0 spiro atoms. The van der Waals surface area contributed by atoms with Crippen LogP contribution >= 0.6 is 52.6 Å². The molecule has 13 atom stereocenters. The molecule has 4 aromatic heterocycles. The average Bonchev–Trinajstić information content (AvgIpc) is 3.89. The molecular formula is C23H33ClN10Na4O16P4S2+4. The fourth-order valence-electron chi connectivity index (χ4n) is 5.58. The van der Waals surface area contributed by atoms with Crippen molar-refractivity contribution in [2.75, 3.05) is 37.9 Å². The summed E-state index contributed by atoms with van der Waals surface area (Å²) in [7, 11) is -8.28. The standard InChI is InChI=1S/C23H33ClN10O16P4S2.4Na/c1-25-17-11-19(29-5-27-17)33(7-31-11)21-15(37)13(35)9(47-21)3-45-53(43,55)49-51(39,40)23(24)52(41,42)50-54(44,56)46-4-10-14(36)16(38)22(48-10)34-8-32-12-18(26-2)28-6-30-20(12)34;;;;/h5-10,13-16,21-23,35-38H,3-4H2,1-2H3,(H,39,40)(H,41,42)(H,43,55)(H,44,56)(H,25,27,29)(H,26,28,30);;;;/q;4*+1/t9-,10-,13-,14-,15-,16-,21-,22-,23?,53?,54?;;;;/m1..../s1. The summed E-state index contributed by atoms with van der Waals surface area (Å²) >= 11 is 14.1. The number of hydrogen-bond donors (Lipinski definition) is 10. The molecule has 6 heterocycles. The van der Waals surface area contributed by atoms with Gasteiger partial charge < -0.3 is 59.7 Å². The van der Waals surface area contributed by atoms with Gasteiger partial charge in [-0.15, -0.1) is 0 Å². The quantitative estimate of drug-likeness (QED) is 0.0216. The van der Waals surface area contributed by atoms with Crippen LogP contribution in [0.25, 0.3) is 22.3 Å². The summed E-state index contributed by atoms with van der Waals surface area (Å²) in [6.45, 7) is -11.6. The molecule has 2 aliphatic heterocycles. The summed E-state index contributed by atoms with van der Waals surface area (Å²) < 4.78 is 72.0. The fraction of sp³-hybridized carbons (Fsp3) is 0.565. The van der Waals surface area contributed by atoms with Crippen LogP contribution in [0.1, 0.15) is 12.5 Å². The number of halogens is 1. The first-order chi connectivity index (χ1) is 26.2. The number of fused-ring (bicyclic) bond motifs is 2. The normalized spacial score (nSPS) is 28.4. The molecule has 26 nitrogen and oxygen atoms in total. The molecule has 5 unspecified atom stereocenters. The van der Waals surface area contributed by atoms with Crippen LogP contribution in [0.15, 0.2) is 25.3 Å². The van der Waals surface area contributed by atoms with Crippen LogP contribution in [0.3, 0.4) is 0 Å². The monoisotopic (exact) mass is 1020 g/mol. The number of rotatable bonds is 16. The third kappa shape index (κ3) is 12.8. The molecule has 9 N–H and O–H groups in total. The van der Waals surface area contributed by atoms with E-state index in [1.54, 1.807) is 14.1 Å². The fourth-order valence-corrected chi connectivity index (χ4v) is 14.7. The van der Waals surface area contributed by atoms with E-state index in [-0.39, 0.29) is 130 Å². The van der Waals surface area contributed by atoms with E-state index < -0.39 is 95.9 Å². The number of hydrogen-bond acceptors (Lipinski definition) is 22. The first kappa shape index (κ1) is 58.3. The van der Waals surface area contributed by atoms with Crippen LogP contribution in [-0.4, -0.2) is 143 Å². The number of aliphatic hydroxyl groups excluding tert-OH is 4. The molecule has 0 radical (unpaired) electrons. The predicted octanol–water partition coefficient (Wildman–Crippen LogP) is -11.8. The molecule has 0 aliphatic carbocycles. The zero-order chi connectivity index (χ0) is 41.0. The van der Waals surface area contributed by atoms with Crippen molar-refractivity contribution in [1.29, 1.82) is 0 Å². The van der Waals surface area contributed by atoms with Crippen molar-refractivity contribution in [3.63, 3.8) is 0 Å². The van der Waals surface area contributed by atoms with E-state index in [0.29, 0.717) is 22.7 Å². The van der Waals surface area contributed by atoms with Crippen LogP contribution < -0.4 is 129 Å². The summed E-state index contributed by atoms with van der Waals surface area (Å²) in [6.07, 6.45) is -7.08. The van der Waals surface area contributed by atoms with E-state index >= 15 is 0 Å². The van der Waals surface area contributed by atoms with Crippen molar-refractivity contribution < 1.29 is 194 Å². The maximum atomic E-state index is 13.0. The minimum absolute atomic E-state index is 0. The van der Waals surface area contributed by atoms with E-state index in [1.165, 1.54) is 34.4 Å². The van der Waals surface area contributed by atoms with Gasteiger partial charge in [-0.1, -0.05) is 23.8 Å². The molecule has 0 saturated carbocycles. The Hall–Kier alpha value is 2.16. The maximum Gasteiger partial charge on any atom is 1.00 e. The number of ether oxygens (including phenoxy) is 2. The van der Waals surface area contributed by atoms with Crippen molar-refractivity contribution >= 4 is 98.3 Å². The van der Waals surface area contributed by atoms with Crippen molar-refractivity contribution in [3.05, 3.63) is 25.3 Å². The Morgan fingerprint density at radius 3 is 1.55 bits per heavy atom. The van der Waals surface area contributed by atoms with Gasteiger partial charge in [0.1, 0.15) is 60.3 Å². The summed E-state index contributed by atoms with van der Waals surface area (Å²) in [5.74, 6) is 0.723. The van der Waals surface area contributed by atoms with Crippen LogP contribution in [0.5, 0.6) is 0 Å². The van der Waals surface area contributed by atoms with Crippen molar-refractivity contribution in [2.45, 2.75) is 53.9 Å². The largest absolute Gasteiger partial charge is 1.00 e. The number of imidazole rings is 2. The Labute approximate surface area is 443 Å². The second-order valence-electron chi connectivity index (χ2n) is 11.8. The number of aromatic nitrogens is 8. The zero-order valence-electron chi connectivity index (χ0n) is 32.3. The van der Waals surface area contributed by atoms with Crippen molar-refractivity contribution in [3.8, 4) is 0 Å². The first-order valence-corrected chi connectivity index (χ1v) is 24.6. The molecule has 60 heavy (non-hydrogen) atoms. The van der Waals surface area contributed by atoms with Crippen LogP contribution in [-0.2, 0) is 52.6 Å². The number of aliphatic hydroxyl groups is 4. The summed E-state index contributed by atoms with van der Waals surface area (Å²) in [5.41, 5.74) is 1.06. The minimum atomic E-state index is -5.75. The van der Waals surface area contributed by atoms with Gasteiger partial charge >= 0.3 is 147 Å². The molecule has 37 heteroatoms. The number of anilines is 2. The van der Waals surface area contributed by atoms with E-state index in [9.17, 15) is 48.8 Å². The molecule has 0 aromatic carbocycles. The van der Waals surface area contributed by atoms with Crippen molar-refractivity contribution in [1.82, 2.24) is 39.0 Å². The Morgan fingerprint density at radius 2 is 1.13 bits per heavy atom. The van der Waals surface area contributed by atoms with Crippen molar-refractivity contribution in [2.24, 2.45) is 0 Å². The van der Waals surface area contributed by atoms with Gasteiger partial charge in [0.25, 0.3) is 0 Å². The van der Waals surface area contributed by atoms with Gasteiger partial charge in [-0.25, -0.2) is 43.1 Å². The second-order valence-corrected chi connectivity index (χ2v) is 23.1. The zero-order valence-corrected chi connectivity index (χ0v) is 46.4. The van der Waals surface area contributed by atoms with Gasteiger partial charge in [-0.3, -0.25) is 22.8 Å². The van der Waals surface area contributed by atoms with E-state index in [1.807, 2.05) is 0 Å². The first-order valence-electron chi connectivity index (χ1n) is 15.6. The SMILES string of the molecule is CNc1ncnc2c1ncn2[C@@H]1O[C@H](COP(=O)(S)OP(=O)(O)C(Cl)P(=O)(O)OP(O)(=S)OC[C@H]2O[C@@H](n3cnc4c(NC)ncnc43)[C@H](O)[C@@H]2O)[C@@H](O)[C@H]1O.[Na+].[Na+].[Na+].[Na+]. The third-order valence-electron chi connectivity index (χ3n) is 8.20. The van der Waals surface area contributed by atoms with E-state index in [2.05, 4.69) is 61.4 Å². The average molecular weight is 1020 g/mol. The molecule has 6 rings (SSSR count). The van der Waals surface area contributed by atoms with Crippen LogP contribution in [0, 0.1) is 0 Å². The van der Waals surface area contributed by atoms with Gasteiger partial charge in [-0.2, -0.15) is 0 Å². The topological polar surface area (TPSA) is 359 Å². The molecular weight excluding hydrogens is 988 g/mol. The maximum absolute atomic E-state index is 13.0. The van der Waals surface area contributed by atoms with E-state index in [4.69, 9.17) is 41.9 Å². The van der Waals surface area contributed by atoms with E-state index in [0.717, 1.165) is 0 Å². The Balaban J connectivity index is 0.00000310. The number of nitrogens with zero attached hydrogens (tertiary/aromatic N) is 8. The number of thiol groups is 1. The molecule has 2 saturated heterocycles. The van der Waals surface area contributed by atoms with Gasteiger partial charge in [-0.05, 0) is 11.8 Å². The number of alkyl halides is 1. The Morgan fingerprint density at radius 1 is 0.733 bits per heavy atom. The third-order valence-corrected chi connectivity index (χ3v) is 18.9. The molecule has 2 aliphatic rings. The Bertz CT molecular complexity index is 2150. The summed E-state index contributed by atoms with van der Waals surface area (Å²) in [5, 5.41) is 48.2. The molecule has 310 valence electrons. The molecule has 4 aromatic rings. The van der Waals surface area contributed by atoms with Gasteiger partial charge in [0.2, 0.25) is 4.86 Å². The molecule has 2 fully saturated rings. The van der Waals surface area contributed by atoms with Gasteiger partial charge in [0, 0.05) is 14.1 Å². The molecule has 0 amide bonds. The smallest absolute Gasteiger partial charge is 0.387 e. The second kappa shape index (κ2) is 23.4. The summed E-state index contributed by atoms with van der Waals surface area (Å²) in [6, 6.07) is 0. The van der Waals surface area contributed by atoms with Crippen LogP contribution in [0.2, 0.25) is 0 Å². The summed E-state index contributed by atoms with van der Waals surface area (Å²) in [4.78, 5) is 53.1. The van der Waals surface area contributed by atoms with Gasteiger partial charge in [0.15, 0.2) is 35.4 Å². The predicted molar refractivity (Wildman–Crippen MR) is 198 cm³/mol. The van der Waals surface area contributed by atoms with Gasteiger partial charge in [0.05, 0.1) is 25.9 Å². The molecule has 0 bridgehead atoms.